The lowest BCUT2D eigenvalue weighted by Crippen LogP contribution is -2.51. The maximum atomic E-state index is 11.2. The van der Waals surface area contributed by atoms with Crippen LogP contribution in [0.4, 0.5) is 0 Å². The second-order valence-corrected chi connectivity index (χ2v) is 5.68. The summed E-state index contributed by atoms with van der Waals surface area (Å²) in [6, 6.07) is 0.0738. The van der Waals surface area contributed by atoms with Gasteiger partial charge in [-0.1, -0.05) is 33.6 Å². The van der Waals surface area contributed by atoms with Gasteiger partial charge >= 0.3 is 5.97 Å². The van der Waals surface area contributed by atoms with Crippen molar-refractivity contribution in [1.82, 2.24) is 4.90 Å². The van der Waals surface area contributed by atoms with Gasteiger partial charge < -0.3 is 5.11 Å². The van der Waals surface area contributed by atoms with E-state index in [-0.39, 0.29) is 11.5 Å². The summed E-state index contributed by atoms with van der Waals surface area (Å²) >= 11 is 0. The highest BCUT2D eigenvalue weighted by Crippen LogP contribution is 2.39. The van der Waals surface area contributed by atoms with Crippen LogP contribution in [-0.4, -0.2) is 35.1 Å². The SMILES string of the molecule is CCC(C(=O)O)N(C)C1CCCCC1(C)C. The Morgan fingerprint density at radius 2 is 2.12 bits per heavy atom. The molecule has 0 aromatic carbocycles. The van der Waals surface area contributed by atoms with Crippen LogP contribution in [0.2, 0.25) is 0 Å². The van der Waals surface area contributed by atoms with Gasteiger partial charge in [-0.2, -0.15) is 0 Å². The third kappa shape index (κ3) is 2.76. The first-order chi connectivity index (χ1) is 7.40. The Hall–Kier alpha value is -0.570. The van der Waals surface area contributed by atoms with Gasteiger partial charge in [0.2, 0.25) is 0 Å². The van der Waals surface area contributed by atoms with Gasteiger partial charge in [0, 0.05) is 6.04 Å². The summed E-state index contributed by atoms with van der Waals surface area (Å²) in [4.78, 5) is 13.3. The zero-order valence-electron chi connectivity index (χ0n) is 11.0. The predicted molar refractivity (Wildman–Crippen MR) is 65.5 cm³/mol. The molecule has 0 heterocycles. The van der Waals surface area contributed by atoms with E-state index in [1.807, 2.05) is 14.0 Å². The van der Waals surface area contributed by atoms with E-state index in [2.05, 4.69) is 18.7 Å². The molecular weight excluding hydrogens is 202 g/mol. The van der Waals surface area contributed by atoms with Crippen LogP contribution in [0.5, 0.6) is 0 Å². The summed E-state index contributed by atoms with van der Waals surface area (Å²) in [5.74, 6) is -0.689. The van der Waals surface area contributed by atoms with Gasteiger partial charge in [-0.15, -0.1) is 0 Å². The molecule has 3 heteroatoms. The predicted octanol–water partition coefficient (Wildman–Crippen LogP) is 2.75. The molecule has 16 heavy (non-hydrogen) atoms. The lowest BCUT2D eigenvalue weighted by atomic mass is 9.72. The van der Waals surface area contributed by atoms with Gasteiger partial charge in [-0.25, -0.2) is 0 Å². The molecule has 0 aliphatic heterocycles. The molecule has 1 aliphatic carbocycles. The summed E-state index contributed by atoms with van der Waals surface area (Å²) in [6.07, 6.45) is 5.53. The zero-order chi connectivity index (χ0) is 12.3. The fourth-order valence-electron chi connectivity index (χ4n) is 3.08. The van der Waals surface area contributed by atoms with E-state index >= 15 is 0 Å². The minimum atomic E-state index is -0.689. The third-order valence-electron chi connectivity index (χ3n) is 4.11. The van der Waals surface area contributed by atoms with E-state index in [0.717, 1.165) is 6.42 Å². The molecule has 3 nitrogen and oxygen atoms in total. The molecule has 1 saturated carbocycles. The zero-order valence-corrected chi connectivity index (χ0v) is 11.0. The molecule has 0 aromatic rings. The molecule has 0 bridgehead atoms. The summed E-state index contributed by atoms with van der Waals surface area (Å²) in [6.45, 7) is 6.48. The van der Waals surface area contributed by atoms with Crippen LogP contribution in [0.1, 0.15) is 52.9 Å². The van der Waals surface area contributed by atoms with Crippen molar-refractivity contribution in [2.75, 3.05) is 7.05 Å². The molecule has 0 radical (unpaired) electrons. The number of carboxylic acid groups (broad SMARTS) is 1. The van der Waals surface area contributed by atoms with Gasteiger partial charge in [0.05, 0.1) is 0 Å². The third-order valence-corrected chi connectivity index (χ3v) is 4.11. The van der Waals surface area contributed by atoms with Crippen molar-refractivity contribution in [3.8, 4) is 0 Å². The number of nitrogens with zero attached hydrogens (tertiary/aromatic N) is 1. The summed E-state index contributed by atoms with van der Waals surface area (Å²) in [5.41, 5.74) is 0.246. The highest BCUT2D eigenvalue weighted by atomic mass is 16.4. The van der Waals surface area contributed by atoms with Gasteiger partial charge in [-0.05, 0) is 31.7 Å². The molecule has 2 unspecified atom stereocenters. The molecule has 1 N–H and O–H groups in total. The Morgan fingerprint density at radius 1 is 1.50 bits per heavy atom. The molecule has 1 rings (SSSR count). The maximum Gasteiger partial charge on any atom is 0.320 e. The van der Waals surface area contributed by atoms with E-state index < -0.39 is 5.97 Å². The quantitative estimate of drug-likeness (QED) is 0.803. The lowest BCUT2D eigenvalue weighted by molar-refractivity contribution is -0.145. The van der Waals surface area contributed by atoms with Gasteiger partial charge in [-0.3, -0.25) is 9.69 Å². The molecule has 2 atom stereocenters. The van der Waals surface area contributed by atoms with E-state index in [4.69, 9.17) is 0 Å². The number of carboxylic acids is 1. The molecule has 0 aromatic heterocycles. The Bertz CT molecular complexity index is 250. The highest BCUT2D eigenvalue weighted by Gasteiger charge is 2.38. The van der Waals surface area contributed by atoms with Crippen molar-refractivity contribution >= 4 is 5.97 Å². The van der Waals surface area contributed by atoms with Crippen molar-refractivity contribution in [2.24, 2.45) is 5.41 Å². The first-order valence-corrected chi connectivity index (χ1v) is 6.35. The van der Waals surface area contributed by atoms with Gasteiger partial charge in [0.15, 0.2) is 0 Å². The number of rotatable bonds is 4. The summed E-state index contributed by atoms with van der Waals surface area (Å²) < 4.78 is 0. The van der Waals surface area contributed by atoms with Crippen LogP contribution in [-0.2, 0) is 4.79 Å². The smallest absolute Gasteiger partial charge is 0.320 e. The van der Waals surface area contributed by atoms with Crippen molar-refractivity contribution in [3.63, 3.8) is 0 Å². The van der Waals surface area contributed by atoms with Gasteiger partial charge in [0.25, 0.3) is 0 Å². The van der Waals surface area contributed by atoms with Crippen LogP contribution in [0.15, 0.2) is 0 Å². The number of likely N-dealkylation sites (N-methyl/N-ethyl adjacent to an activating group) is 1. The largest absolute Gasteiger partial charge is 0.480 e. The number of hydrogen-bond acceptors (Lipinski definition) is 2. The summed E-state index contributed by atoms with van der Waals surface area (Å²) in [7, 11) is 1.97. The summed E-state index contributed by atoms with van der Waals surface area (Å²) in [5, 5.41) is 9.20. The number of hydrogen-bond donors (Lipinski definition) is 1. The fraction of sp³-hybridized carbons (Fsp3) is 0.923. The van der Waals surface area contributed by atoms with E-state index in [9.17, 15) is 9.90 Å². The van der Waals surface area contributed by atoms with Crippen LogP contribution in [0.3, 0.4) is 0 Å². The van der Waals surface area contributed by atoms with Gasteiger partial charge in [0.1, 0.15) is 6.04 Å². The van der Waals surface area contributed by atoms with Crippen LogP contribution < -0.4 is 0 Å². The number of carbonyl (C=O) groups is 1. The van der Waals surface area contributed by atoms with E-state index in [1.165, 1.54) is 19.3 Å². The molecular formula is C13H25NO2. The lowest BCUT2D eigenvalue weighted by Gasteiger charge is -2.45. The Balaban J connectivity index is 2.77. The number of aliphatic carboxylic acids is 1. The topological polar surface area (TPSA) is 40.5 Å². The molecule has 1 aliphatic rings. The van der Waals surface area contributed by atoms with Crippen molar-refractivity contribution in [3.05, 3.63) is 0 Å². The van der Waals surface area contributed by atoms with Crippen LogP contribution >= 0.6 is 0 Å². The highest BCUT2D eigenvalue weighted by molar-refractivity contribution is 5.73. The monoisotopic (exact) mass is 227 g/mol. The average Bonchev–Trinajstić information content (AvgIpc) is 2.17. The Labute approximate surface area is 98.8 Å². The fourth-order valence-corrected chi connectivity index (χ4v) is 3.08. The molecule has 1 fully saturated rings. The first kappa shape index (κ1) is 13.5. The Kier molecular flexibility index (Phi) is 4.36. The molecule has 0 spiro atoms. The second-order valence-electron chi connectivity index (χ2n) is 5.68. The van der Waals surface area contributed by atoms with E-state index in [1.54, 1.807) is 0 Å². The first-order valence-electron chi connectivity index (χ1n) is 6.35. The normalized spacial score (nSPS) is 26.7. The molecule has 0 amide bonds. The van der Waals surface area contributed by atoms with Crippen molar-refractivity contribution < 1.29 is 9.90 Å². The van der Waals surface area contributed by atoms with Crippen molar-refractivity contribution in [1.29, 1.82) is 0 Å². The standard InChI is InChI=1S/C13H25NO2/c1-5-10(12(15)16)14(4)11-8-6-7-9-13(11,2)3/h10-11H,5-9H2,1-4H3,(H,15,16). The molecule has 0 saturated heterocycles. The van der Waals surface area contributed by atoms with Crippen molar-refractivity contribution in [2.45, 2.75) is 65.0 Å². The van der Waals surface area contributed by atoms with Crippen LogP contribution in [0.25, 0.3) is 0 Å². The molecule has 94 valence electrons. The Morgan fingerprint density at radius 3 is 2.56 bits per heavy atom. The van der Waals surface area contributed by atoms with E-state index in [0.29, 0.717) is 12.5 Å². The van der Waals surface area contributed by atoms with Crippen LogP contribution in [0, 0.1) is 5.41 Å². The second kappa shape index (κ2) is 5.17. The minimum absolute atomic E-state index is 0.246. The average molecular weight is 227 g/mol. The maximum absolute atomic E-state index is 11.2. The minimum Gasteiger partial charge on any atom is -0.480 e.